The molecular formula is C18H19F2N3O3. The number of hydrogen-bond donors (Lipinski definition) is 1. The van der Waals surface area contributed by atoms with E-state index in [9.17, 15) is 13.6 Å². The van der Waals surface area contributed by atoms with Crippen molar-refractivity contribution in [3.8, 4) is 17.3 Å². The first-order chi connectivity index (χ1) is 12.5. The summed E-state index contributed by atoms with van der Waals surface area (Å²) in [6.45, 7) is 2.96. The van der Waals surface area contributed by atoms with E-state index in [1.54, 1.807) is 11.0 Å². The molecule has 2 heterocycles. The number of benzene rings is 1. The minimum absolute atomic E-state index is 0.00408. The SMILES string of the molecule is CCOc1ccnc(-c2cc(F)c(N3CCC(CC(=O)O)C3)c(F)c2)n1. The minimum atomic E-state index is -0.903. The highest BCUT2D eigenvalue weighted by Gasteiger charge is 2.28. The van der Waals surface area contributed by atoms with Gasteiger partial charge in [0, 0.05) is 37.3 Å². The predicted octanol–water partition coefficient (Wildman–Crippen LogP) is 3.12. The second-order valence-corrected chi connectivity index (χ2v) is 6.14. The molecule has 1 atom stereocenters. The summed E-state index contributed by atoms with van der Waals surface area (Å²) < 4.78 is 34.5. The van der Waals surface area contributed by atoms with Crippen molar-refractivity contribution in [2.75, 3.05) is 24.6 Å². The number of halogens is 2. The van der Waals surface area contributed by atoms with Gasteiger partial charge in [-0.15, -0.1) is 0 Å². The summed E-state index contributed by atoms with van der Waals surface area (Å²) in [7, 11) is 0. The number of hydrogen-bond acceptors (Lipinski definition) is 5. The molecule has 1 aliphatic rings. The Hall–Kier alpha value is -2.77. The van der Waals surface area contributed by atoms with E-state index in [-0.39, 0.29) is 29.4 Å². The van der Waals surface area contributed by atoms with E-state index in [2.05, 4.69) is 9.97 Å². The van der Waals surface area contributed by atoms with Crippen LogP contribution in [0, 0.1) is 17.6 Å². The molecule has 0 spiro atoms. The highest BCUT2D eigenvalue weighted by molar-refractivity contribution is 5.67. The Morgan fingerprint density at radius 3 is 2.77 bits per heavy atom. The molecule has 1 aromatic heterocycles. The summed E-state index contributed by atoms with van der Waals surface area (Å²) in [6.07, 6.45) is 2.05. The monoisotopic (exact) mass is 363 g/mol. The standard InChI is InChI=1S/C18H19F2N3O3/c1-2-26-15-3-5-21-18(22-15)12-8-13(19)17(14(20)9-12)23-6-4-11(10-23)7-16(24)25/h3,5,8-9,11H,2,4,6-7,10H2,1H3,(H,24,25). The van der Waals surface area contributed by atoms with Crippen molar-refractivity contribution < 1.29 is 23.4 Å². The van der Waals surface area contributed by atoms with Crippen LogP contribution < -0.4 is 9.64 Å². The Kier molecular flexibility index (Phi) is 5.29. The van der Waals surface area contributed by atoms with Crippen LogP contribution in [0.3, 0.4) is 0 Å². The van der Waals surface area contributed by atoms with Gasteiger partial charge in [-0.25, -0.2) is 13.8 Å². The Morgan fingerprint density at radius 1 is 1.38 bits per heavy atom. The maximum atomic E-state index is 14.6. The molecule has 6 nitrogen and oxygen atoms in total. The number of ether oxygens (including phenoxy) is 1. The van der Waals surface area contributed by atoms with Gasteiger partial charge in [-0.1, -0.05) is 0 Å². The van der Waals surface area contributed by atoms with Gasteiger partial charge in [-0.05, 0) is 31.4 Å². The number of anilines is 1. The molecule has 1 unspecified atom stereocenters. The highest BCUT2D eigenvalue weighted by Crippen LogP contribution is 2.33. The Balaban J connectivity index is 1.85. The van der Waals surface area contributed by atoms with Gasteiger partial charge in [-0.3, -0.25) is 4.79 Å². The first-order valence-electron chi connectivity index (χ1n) is 8.40. The van der Waals surface area contributed by atoms with Crippen molar-refractivity contribution in [3.63, 3.8) is 0 Å². The Bertz CT molecular complexity index is 793. The molecule has 1 fully saturated rings. The number of aliphatic carboxylic acids is 1. The minimum Gasteiger partial charge on any atom is -0.481 e. The van der Waals surface area contributed by atoms with Crippen molar-refractivity contribution in [2.45, 2.75) is 19.8 Å². The van der Waals surface area contributed by atoms with Gasteiger partial charge in [0.05, 0.1) is 6.61 Å². The number of carboxylic acid groups (broad SMARTS) is 1. The molecule has 1 saturated heterocycles. The summed E-state index contributed by atoms with van der Waals surface area (Å²) in [5.41, 5.74) is 0.0780. The molecule has 0 amide bonds. The second kappa shape index (κ2) is 7.63. The molecule has 1 aliphatic heterocycles. The molecule has 26 heavy (non-hydrogen) atoms. The highest BCUT2D eigenvalue weighted by atomic mass is 19.1. The molecule has 3 rings (SSSR count). The van der Waals surface area contributed by atoms with Gasteiger partial charge in [0.1, 0.15) is 17.3 Å². The van der Waals surface area contributed by atoms with Crippen molar-refractivity contribution in [3.05, 3.63) is 36.0 Å². The van der Waals surface area contributed by atoms with Crippen molar-refractivity contribution in [1.29, 1.82) is 0 Å². The van der Waals surface area contributed by atoms with Gasteiger partial charge in [0.15, 0.2) is 5.82 Å². The number of carboxylic acids is 1. The summed E-state index contributed by atoms with van der Waals surface area (Å²) in [4.78, 5) is 20.6. The van der Waals surface area contributed by atoms with E-state index < -0.39 is 17.6 Å². The van der Waals surface area contributed by atoms with Gasteiger partial charge in [-0.2, -0.15) is 4.98 Å². The van der Waals surface area contributed by atoms with E-state index in [0.29, 0.717) is 32.0 Å². The molecule has 1 aromatic carbocycles. The molecule has 1 N–H and O–H groups in total. The zero-order valence-electron chi connectivity index (χ0n) is 14.3. The van der Waals surface area contributed by atoms with Crippen molar-refractivity contribution in [2.24, 2.45) is 5.92 Å². The van der Waals surface area contributed by atoms with Gasteiger partial charge >= 0.3 is 5.97 Å². The average molecular weight is 363 g/mol. The number of rotatable bonds is 6. The molecule has 0 aliphatic carbocycles. The fourth-order valence-electron chi connectivity index (χ4n) is 3.16. The summed E-state index contributed by atoms with van der Waals surface area (Å²) in [5.74, 6) is -1.96. The number of aromatic nitrogens is 2. The fraction of sp³-hybridized carbons (Fsp3) is 0.389. The number of carbonyl (C=O) groups is 1. The molecule has 0 radical (unpaired) electrons. The molecule has 0 saturated carbocycles. The molecule has 2 aromatic rings. The number of nitrogens with zero attached hydrogens (tertiary/aromatic N) is 3. The molecule has 0 bridgehead atoms. The van der Waals surface area contributed by atoms with Crippen LogP contribution in [0.15, 0.2) is 24.4 Å². The van der Waals surface area contributed by atoms with E-state index in [0.717, 1.165) is 0 Å². The normalized spacial score (nSPS) is 16.7. The first kappa shape index (κ1) is 18.0. The lowest BCUT2D eigenvalue weighted by molar-refractivity contribution is -0.137. The third-order valence-corrected chi connectivity index (χ3v) is 4.26. The van der Waals surface area contributed by atoms with Crippen LogP contribution in [-0.4, -0.2) is 40.7 Å². The van der Waals surface area contributed by atoms with E-state index >= 15 is 0 Å². The third-order valence-electron chi connectivity index (χ3n) is 4.26. The summed E-state index contributed by atoms with van der Waals surface area (Å²) in [5, 5.41) is 8.87. The van der Waals surface area contributed by atoms with Crippen LogP contribution in [0.1, 0.15) is 19.8 Å². The maximum absolute atomic E-state index is 14.6. The maximum Gasteiger partial charge on any atom is 0.303 e. The van der Waals surface area contributed by atoms with Gasteiger partial charge in [0.25, 0.3) is 0 Å². The average Bonchev–Trinajstić information content (AvgIpc) is 3.02. The predicted molar refractivity (Wildman–Crippen MR) is 91.1 cm³/mol. The van der Waals surface area contributed by atoms with Gasteiger partial charge < -0.3 is 14.7 Å². The van der Waals surface area contributed by atoms with Crippen LogP contribution in [0.5, 0.6) is 5.88 Å². The zero-order chi connectivity index (χ0) is 18.7. The van der Waals surface area contributed by atoms with Crippen LogP contribution in [0.25, 0.3) is 11.4 Å². The fourth-order valence-corrected chi connectivity index (χ4v) is 3.16. The molecule has 138 valence electrons. The molecule has 8 heteroatoms. The first-order valence-corrected chi connectivity index (χ1v) is 8.40. The molecular weight excluding hydrogens is 344 g/mol. The lowest BCUT2D eigenvalue weighted by atomic mass is 10.1. The third kappa shape index (κ3) is 3.89. The largest absolute Gasteiger partial charge is 0.481 e. The van der Waals surface area contributed by atoms with Crippen LogP contribution in [0.2, 0.25) is 0 Å². The smallest absolute Gasteiger partial charge is 0.303 e. The van der Waals surface area contributed by atoms with E-state index in [1.165, 1.54) is 18.3 Å². The van der Waals surface area contributed by atoms with Gasteiger partial charge in [0.2, 0.25) is 5.88 Å². The van der Waals surface area contributed by atoms with Crippen molar-refractivity contribution in [1.82, 2.24) is 9.97 Å². The lowest BCUT2D eigenvalue weighted by Crippen LogP contribution is -2.23. The van der Waals surface area contributed by atoms with E-state index in [4.69, 9.17) is 9.84 Å². The Labute approximate surface area is 149 Å². The van der Waals surface area contributed by atoms with Crippen LogP contribution in [0.4, 0.5) is 14.5 Å². The summed E-state index contributed by atoms with van der Waals surface area (Å²) >= 11 is 0. The van der Waals surface area contributed by atoms with E-state index in [1.807, 2.05) is 6.92 Å². The quantitative estimate of drug-likeness (QED) is 0.850. The van der Waals surface area contributed by atoms with Crippen molar-refractivity contribution >= 4 is 11.7 Å². The second-order valence-electron chi connectivity index (χ2n) is 6.14. The topological polar surface area (TPSA) is 75.5 Å². The summed E-state index contributed by atoms with van der Waals surface area (Å²) in [6, 6.07) is 3.95. The van der Waals surface area contributed by atoms with Crippen LogP contribution >= 0.6 is 0 Å². The zero-order valence-corrected chi connectivity index (χ0v) is 14.3. The Morgan fingerprint density at radius 2 is 2.12 bits per heavy atom. The lowest BCUT2D eigenvalue weighted by Gasteiger charge is -2.20. The van der Waals surface area contributed by atoms with Crippen LogP contribution in [-0.2, 0) is 4.79 Å².